The topological polar surface area (TPSA) is 183 Å². The molecule has 11 heteroatoms. The molecule has 1 aliphatic rings. The summed E-state index contributed by atoms with van der Waals surface area (Å²) in [6, 6.07) is 15.6. The van der Waals surface area contributed by atoms with Crippen molar-refractivity contribution in [2.24, 2.45) is 5.73 Å². The predicted octanol–water partition coefficient (Wildman–Crippen LogP) is 1.31. The van der Waals surface area contributed by atoms with E-state index < -0.39 is 42.5 Å². The largest absolute Gasteiger partial charge is 0.480 e. The van der Waals surface area contributed by atoms with E-state index in [0.29, 0.717) is 13.0 Å². The highest BCUT2D eigenvalue weighted by Gasteiger charge is 2.38. The number of nitrogens with one attached hydrogen (secondary N) is 4. The van der Waals surface area contributed by atoms with Crippen LogP contribution < -0.4 is 21.7 Å². The van der Waals surface area contributed by atoms with Gasteiger partial charge in [-0.2, -0.15) is 0 Å². The van der Waals surface area contributed by atoms with Gasteiger partial charge in [-0.3, -0.25) is 25.1 Å². The summed E-state index contributed by atoms with van der Waals surface area (Å²) in [4.78, 5) is 43.1. The van der Waals surface area contributed by atoms with Crippen molar-refractivity contribution in [3.63, 3.8) is 0 Å². The van der Waals surface area contributed by atoms with Gasteiger partial charge >= 0.3 is 5.97 Å². The average Bonchev–Trinajstić information content (AvgIpc) is 3.63. The molecule has 3 aromatic rings. The molecule has 7 N–H and O–H groups in total. The molecule has 38 heavy (non-hydrogen) atoms. The number of carbonyl (C=O) groups is 3. The first-order chi connectivity index (χ1) is 18.3. The van der Waals surface area contributed by atoms with Crippen molar-refractivity contribution in [2.75, 3.05) is 13.1 Å². The number of rotatable bonds is 12. The first kappa shape index (κ1) is 26.7. The minimum atomic E-state index is -1.27. The number of amides is 1. The van der Waals surface area contributed by atoms with Crippen LogP contribution in [0.15, 0.2) is 71.3 Å². The van der Waals surface area contributed by atoms with Crippen LogP contribution in [0, 0.1) is 5.41 Å². The predicted molar refractivity (Wildman–Crippen MR) is 139 cm³/mol. The highest BCUT2D eigenvalue weighted by atomic mass is 16.4. The van der Waals surface area contributed by atoms with Crippen LogP contribution in [0.25, 0.3) is 0 Å². The fourth-order valence-electron chi connectivity index (χ4n) is 4.62. The molecule has 0 radical (unpaired) electrons. The molecule has 1 aliphatic heterocycles. The van der Waals surface area contributed by atoms with E-state index in [1.54, 1.807) is 0 Å². The zero-order chi connectivity index (χ0) is 27.1. The number of Topliss-reactive ketones (excluding diaryl/α,β-unsaturated/α-hetero) is 1. The van der Waals surface area contributed by atoms with Crippen LogP contribution >= 0.6 is 0 Å². The number of amidine groups is 1. The third-order valence-corrected chi connectivity index (χ3v) is 6.43. The van der Waals surface area contributed by atoms with Gasteiger partial charge in [0.15, 0.2) is 11.8 Å². The average molecular weight is 519 g/mol. The lowest BCUT2D eigenvalue weighted by atomic mass is 9.84. The molecule has 4 rings (SSSR count). The zero-order valence-electron chi connectivity index (χ0n) is 20.6. The SMILES string of the molecule is N=C(N)c1coc(C(NC(=O)[C@H](NCC(=O)O)C(c2ccccc2)c2ccccc2)C(=O)[C@@H]2CCCN2)n1. The molecule has 0 aliphatic carbocycles. The molecule has 11 nitrogen and oxygen atoms in total. The van der Waals surface area contributed by atoms with Crippen LogP contribution in [0.3, 0.4) is 0 Å². The second kappa shape index (κ2) is 12.3. The first-order valence-corrected chi connectivity index (χ1v) is 12.3. The molecule has 1 aromatic heterocycles. The molecule has 198 valence electrons. The molecular formula is C27H30N6O5. The highest BCUT2D eigenvalue weighted by Crippen LogP contribution is 2.29. The van der Waals surface area contributed by atoms with Crippen LogP contribution in [0.4, 0.5) is 0 Å². The lowest BCUT2D eigenvalue weighted by Crippen LogP contribution is -2.52. The smallest absolute Gasteiger partial charge is 0.317 e. The number of carbonyl (C=O) groups excluding carboxylic acids is 2. The van der Waals surface area contributed by atoms with E-state index in [1.165, 1.54) is 0 Å². The lowest BCUT2D eigenvalue weighted by molar-refractivity contribution is -0.136. The third kappa shape index (κ3) is 6.31. The van der Waals surface area contributed by atoms with E-state index in [2.05, 4.69) is 20.9 Å². The van der Waals surface area contributed by atoms with E-state index in [1.807, 2.05) is 60.7 Å². The number of carboxylic acids is 1. The summed E-state index contributed by atoms with van der Waals surface area (Å²) >= 11 is 0. The molecule has 2 aromatic carbocycles. The number of aliphatic carboxylic acids is 1. The van der Waals surface area contributed by atoms with Crippen molar-refractivity contribution >= 4 is 23.5 Å². The number of nitrogens with zero attached hydrogens (tertiary/aromatic N) is 1. The Bertz CT molecular complexity index is 1230. The summed E-state index contributed by atoms with van der Waals surface area (Å²) in [6.45, 7) is 0.179. The van der Waals surface area contributed by atoms with Crippen LogP contribution in [-0.4, -0.2) is 58.8 Å². The maximum atomic E-state index is 13.9. The van der Waals surface area contributed by atoms with Gasteiger partial charge < -0.3 is 25.9 Å². The summed E-state index contributed by atoms with van der Waals surface area (Å²) < 4.78 is 5.47. The van der Waals surface area contributed by atoms with Crippen LogP contribution in [-0.2, 0) is 14.4 Å². The minimum Gasteiger partial charge on any atom is -0.480 e. The Kier molecular flexibility index (Phi) is 8.62. The standard InChI is InChI=1S/C27H30N6O5/c28-25(29)19-15-38-27(32-19)23(24(36)18-12-7-13-30-18)33-26(37)22(31-14-20(34)35)21(16-8-3-1-4-9-16)17-10-5-2-6-11-17/h1-6,8-11,15,18,21-23,30-31H,7,12-14H2,(H3,28,29)(H,33,37)(H,34,35)/t18-,22+,23?/m0/s1. The van der Waals surface area contributed by atoms with Gasteiger partial charge in [0.2, 0.25) is 11.8 Å². The fraction of sp³-hybridized carbons (Fsp3) is 0.296. The van der Waals surface area contributed by atoms with Crippen molar-refractivity contribution in [3.05, 3.63) is 89.6 Å². The van der Waals surface area contributed by atoms with Gasteiger partial charge in [-0.1, -0.05) is 60.7 Å². The lowest BCUT2D eigenvalue weighted by Gasteiger charge is -2.29. The number of nitrogen functional groups attached to an aromatic ring is 1. The Morgan fingerprint density at radius 3 is 2.24 bits per heavy atom. The van der Waals surface area contributed by atoms with Crippen LogP contribution in [0.5, 0.6) is 0 Å². The molecular weight excluding hydrogens is 488 g/mol. The second-order valence-electron chi connectivity index (χ2n) is 9.03. The molecule has 1 amide bonds. The van der Waals surface area contributed by atoms with Crippen molar-refractivity contribution < 1.29 is 23.9 Å². The number of oxazole rings is 1. The van der Waals surface area contributed by atoms with E-state index in [-0.39, 0.29) is 23.2 Å². The number of hydrogen-bond donors (Lipinski definition) is 6. The summed E-state index contributed by atoms with van der Waals surface area (Å²) in [6.07, 6.45) is 2.54. The monoisotopic (exact) mass is 518 g/mol. The van der Waals surface area contributed by atoms with Crippen molar-refractivity contribution in [3.8, 4) is 0 Å². The van der Waals surface area contributed by atoms with E-state index in [0.717, 1.165) is 23.8 Å². The Hall–Kier alpha value is -4.35. The van der Waals surface area contributed by atoms with Gasteiger partial charge in [0.1, 0.15) is 17.8 Å². The molecule has 2 heterocycles. The molecule has 1 fully saturated rings. The summed E-state index contributed by atoms with van der Waals surface area (Å²) in [5, 5.41) is 25.8. The van der Waals surface area contributed by atoms with E-state index >= 15 is 0 Å². The van der Waals surface area contributed by atoms with Crippen molar-refractivity contribution in [1.29, 1.82) is 5.41 Å². The first-order valence-electron chi connectivity index (χ1n) is 12.3. The van der Waals surface area contributed by atoms with E-state index in [4.69, 9.17) is 15.6 Å². The summed E-state index contributed by atoms with van der Waals surface area (Å²) in [7, 11) is 0. The van der Waals surface area contributed by atoms with Crippen LogP contribution in [0.1, 0.15) is 47.5 Å². The number of carboxylic acid groups (broad SMARTS) is 1. The number of nitrogens with two attached hydrogens (primary N) is 1. The number of aromatic nitrogens is 1. The Morgan fingerprint density at radius 2 is 1.74 bits per heavy atom. The second-order valence-corrected chi connectivity index (χ2v) is 9.03. The molecule has 3 atom stereocenters. The highest BCUT2D eigenvalue weighted by molar-refractivity contribution is 5.96. The third-order valence-electron chi connectivity index (χ3n) is 6.43. The Balaban J connectivity index is 1.72. The van der Waals surface area contributed by atoms with Gasteiger partial charge in [0.05, 0.1) is 18.6 Å². The maximum absolute atomic E-state index is 13.9. The Morgan fingerprint density at radius 1 is 1.11 bits per heavy atom. The zero-order valence-corrected chi connectivity index (χ0v) is 20.6. The molecule has 1 saturated heterocycles. The van der Waals surface area contributed by atoms with Crippen molar-refractivity contribution in [1.82, 2.24) is 20.9 Å². The van der Waals surface area contributed by atoms with Gasteiger partial charge in [-0.25, -0.2) is 4.98 Å². The van der Waals surface area contributed by atoms with E-state index in [9.17, 15) is 19.5 Å². The normalized spacial score (nSPS) is 16.6. The number of benzene rings is 2. The molecule has 0 bridgehead atoms. The summed E-state index contributed by atoms with van der Waals surface area (Å²) in [5.74, 6) is -3.11. The molecule has 0 spiro atoms. The van der Waals surface area contributed by atoms with Gasteiger partial charge in [-0.05, 0) is 30.5 Å². The fourth-order valence-corrected chi connectivity index (χ4v) is 4.62. The molecule has 1 unspecified atom stereocenters. The molecule has 0 saturated carbocycles. The van der Waals surface area contributed by atoms with Gasteiger partial charge in [-0.15, -0.1) is 0 Å². The van der Waals surface area contributed by atoms with Crippen LogP contribution in [0.2, 0.25) is 0 Å². The quantitative estimate of drug-likeness (QED) is 0.152. The van der Waals surface area contributed by atoms with Gasteiger partial charge in [0, 0.05) is 5.92 Å². The van der Waals surface area contributed by atoms with Gasteiger partial charge in [0.25, 0.3) is 0 Å². The minimum absolute atomic E-state index is 0.0402. The number of hydrogen-bond acceptors (Lipinski definition) is 8. The summed E-state index contributed by atoms with van der Waals surface area (Å²) in [5.41, 5.74) is 7.13. The Labute approximate surface area is 219 Å². The number of ketones is 1. The van der Waals surface area contributed by atoms with Crippen molar-refractivity contribution in [2.45, 2.75) is 36.9 Å². The maximum Gasteiger partial charge on any atom is 0.317 e.